The molecule has 1 amide bonds. The number of rotatable bonds is 4. The topological polar surface area (TPSA) is 106 Å². The summed E-state index contributed by atoms with van der Waals surface area (Å²) in [6.45, 7) is 1.52. The molecule has 1 fully saturated rings. The first-order chi connectivity index (χ1) is 13.5. The second-order valence-corrected chi connectivity index (χ2v) is 6.57. The van der Waals surface area contributed by atoms with Gasteiger partial charge in [-0.2, -0.15) is 0 Å². The summed E-state index contributed by atoms with van der Waals surface area (Å²) in [6, 6.07) is 13.3. The van der Waals surface area contributed by atoms with E-state index >= 15 is 0 Å². The quantitative estimate of drug-likeness (QED) is 0.421. The summed E-state index contributed by atoms with van der Waals surface area (Å²) >= 11 is 0. The number of nitro groups is 1. The molecule has 1 saturated heterocycles. The first-order valence-corrected chi connectivity index (χ1v) is 8.91. The largest absolute Gasteiger partial charge is 0.418 e. The molecule has 1 aliphatic heterocycles. The maximum absolute atomic E-state index is 12.4. The van der Waals surface area contributed by atoms with Crippen molar-refractivity contribution in [1.29, 1.82) is 0 Å². The van der Waals surface area contributed by atoms with Gasteiger partial charge in [-0.1, -0.05) is 12.1 Å². The van der Waals surface area contributed by atoms with Crippen molar-refractivity contribution in [3.63, 3.8) is 0 Å². The molecule has 0 radical (unpaired) electrons. The molecule has 2 aromatic carbocycles. The van der Waals surface area contributed by atoms with E-state index in [-0.39, 0.29) is 17.2 Å². The van der Waals surface area contributed by atoms with Crippen LogP contribution in [0.15, 0.2) is 57.7 Å². The van der Waals surface area contributed by atoms with E-state index in [1.165, 1.54) is 0 Å². The number of nitrogens with zero attached hydrogens (tertiary/aromatic N) is 2. The lowest BCUT2D eigenvalue weighted by atomic mass is 10.1. The van der Waals surface area contributed by atoms with Crippen molar-refractivity contribution < 1.29 is 14.1 Å². The van der Waals surface area contributed by atoms with Gasteiger partial charge >= 0.3 is 11.3 Å². The van der Waals surface area contributed by atoms with Gasteiger partial charge in [0.1, 0.15) is 11.3 Å². The zero-order valence-corrected chi connectivity index (χ0v) is 14.9. The fourth-order valence-corrected chi connectivity index (χ4v) is 3.38. The second kappa shape index (κ2) is 7.15. The average molecular weight is 379 g/mol. The van der Waals surface area contributed by atoms with Crippen LogP contribution in [0.4, 0.5) is 17.1 Å². The molecular formula is C20H17N3O5. The lowest BCUT2D eigenvalue weighted by molar-refractivity contribution is -0.386. The van der Waals surface area contributed by atoms with Gasteiger partial charge in [0.15, 0.2) is 0 Å². The van der Waals surface area contributed by atoms with Crippen molar-refractivity contribution in [3.8, 4) is 0 Å². The maximum Gasteiger partial charge on any atom is 0.417 e. The number of anilines is 2. The average Bonchev–Trinajstić information content (AvgIpc) is 3.22. The number of hydrogen-bond donors (Lipinski definition) is 1. The molecule has 0 spiro atoms. The summed E-state index contributed by atoms with van der Waals surface area (Å²) in [5.74, 6) is -0.0270. The Labute approximate surface area is 159 Å². The minimum absolute atomic E-state index is 0.0270. The number of likely N-dealkylation sites (tertiary alicyclic amines) is 1. The molecule has 8 nitrogen and oxygen atoms in total. The van der Waals surface area contributed by atoms with Crippen LogP contribution < -0.4 is 10.9 Å². The number of benzene rings is 2. The maximum atomic E-state index is 12.4. The van der Waals surface area contributed by atoms with E-state index in [1.54, 1.807) is 48.5 Å². The van der Waals surface area contributed by atoms with Crippen LogP contribution in [0.2, 0.25) is 0 Å². The van der Waals surface area contributed by atoms with Gasteiger partial charge in [0.2, 0.25) is 0 Å². The van der Waals surface area contributed by atoms with Crippen LogP contribution in [-0.4, -0.2) is 28.8 Å². The van der Waals surface area contributed by atoms with Crippen molar-refractivity contribution in [2.24, 2.45) is 0 Å². The highest BCUT2D eigenvalue weighted by Gasteiger charge is 2.25. The Kier molecular flexibility index (Phi) is 4.52. The predicted octanol–water partition coefficient (Wildman–Crippen LogP) is 3.68. The number of carbonyl (C=O) groups is 1. The number of para-hydroxylation sites is 1. The Morgan fingerprint density at radius 2 is 1.75 bits per heavy atom. The van der Waals surface area contributed by atoms with Gasteiger partial charge in [0, 0.05) is 29.7 Å². The lowest BCUT2D eigenvalue weighted by Gasteiger charge is -2.15. The minimum atomic E-state index is -1.02. The predicted molar refractivity (Wildman–Crippen MR) is 104 cm³/mol. The van der Waals surface area contributed by atoms with E-state index in [2.05, 4.69) is 5.32 Å². The van der Waals surface area contributed by atoms with Crippen LogP contribution in [0.5, 0.6) is 0 Å². The highest BCUT2D eigenvalue weighted by molar-refractivity contribution is 5.97. The van der Waals surface area contributed by atoms with Crippen LogP contribution in [0, 0.1) is 10.1 Å². The van der Waals surface area contributed by atoms with Gasteiger partial charge < -0.3 is 14.6 Å². The molecule has 1 aliphatic rings. The fourth-order valence-electron chi connectivity index (χ4n) is 3.38. The van der Waals surface area contributed by atoms with Gasteiger partial charge in [0.25, 0.3) is 5.91 Å². The van der Waals surface area contributed by atoms with Crippen LogP contribution in [-0.2, 0) is 0 Å². The Balaban J connectivity index is 1.70. The Morgan fingerprint density at radius 3 is 2.43 bits per heavy atom. The molecule has 0 bridgehead atoms. The smallest absolute Gasteiger partial charge is 0.417 e. The highest BCUT2D eigenvalue weighted by atomic mass is 16.6. The van der Waals surface area contributed by atoms with E-state index in [1.807, 2.05) is 4.90 Å². The summed E-state index contributed by atoms with van der Waals surface area (Å²) < 4.78 is 5.05. The molecule has 3 aromatic rings. The highest BCUT2D eigenvalue weighted by Crippen LogP contribution is 2.32. The Bertz CT molecular complexity index is 1110. The molecule has 0 aliphatic carbocycles. The third-order valence-electron chi connectivity index (χ3n) is 4.77. The molecule has 1 aromatic heterocycles. The third kappa shape index (κ3) is 3.20. The number of hydrogen-bond acceptors (Lipinski definition) is 6. The van der Waals surface area contributed by atoms with E-state index < -0.39 is 16.2 Å². The van der Waals surface area contributed by atoms with E-state index in [9.17, 15) is 19.7 Å². The molecular weight excluding hydrogens is 362 g/mol. The molecule has 1 N–H and O–H groups in total. The molecule has 8 heteroatoms. The number of nitrogens with one attached hydrogen (secondary N) is 1. The zero-order valence-electron chi connectivity index (χ0n) is 14.9. The van der Waals surface area contributed by atoms with Gasteiger partial charge in [-0.25, -0.2) is 4.79 Å². The van der Waals surface area contributed by atoms with Crippen LogP contribution in [0.1, 0.15) is 23.2 Å². The number of fused-ring (bicyclic) bond motifs is 1. The zero-order chi connectivity index (χ0) is 19.7. The summed E-state index contributed by atoms with van der Waals surface area (Å²) in [5, 5.41) is 14.8. The molecule has 0 unspecified atom stereocenters. The van der Waals surface area contributed by atoms with Crippen LogP contribution in [0.25, 0.3) is 11.0 Å². The summed E-state index contributed by atoms with van der Waals surface area (Å²) in [7, 11) is 0. The summed E-state index contributed by atoms with van der Waals surface area (Å²) in [5.41, 5.74) is -0.281. The third-order valence-corrected chi connectivity index (χ3v) is 4.77. The SMILES string of the molecule is O=C(c1ccc(Nc2c([N+](=O)[O-])c(=O)oc3ccccc23)cc1)N1CCCC1. The number of carbonyl (C=O) groups excluding carboxylic acids is 1. The summed E-state index contributed by atoms with van der Waals surface area (Å²) in [4.78, 5) is 37.0. The first kappa shape index (κ1) is 17.7. The Morgan fingerprint density at radius 1 is 1.07 bits per heavy atom. The standard InChI is InChI=1S/C20H17N3O5/c24-19(22-11-3-4-12-22)13-7-9-14(10-8-13)21-17-15-5-1-2-6-16(15)28-20(25)18(17)23(26)27/h1-2,5-10,21H,3-4,11-12H2. The second-order valence-electron chi connectivity index (χ2n) is 6.57. The van der Waals surface area contributed by atoms with Crippen molar-refractivity contribution in [3.05, 3.63) is 74.6 Å². The van der Waals surface area contributed by atoms with Crippen LogP contribution >= 0.6 is 0 Å². The van der Waals surface area contributed by atoms with Crippen molar-refractivity contribution in [2.45, 2.75) is 12.8 Å². The van der Waals surface area contributed by atoms with Gasteiger partial charge in [0.05, 0.1) is 4.92 Å². The molecule has 0 atom stereocenters. The van der Waals surface area contributed by atoms with Gasteiger partial charge in [-0.15, -0.1) is 0 Å². The molecule has 0 saturated carbocycles. The van der Waals surface area contributed by atoms with E-state index in [4.69, 9.17) is 4.42 Å². The van der Waals surface area contributed by atoms with E-state index in [0.29, 0.717) is 16.6 Å². The Hall–Kier alpha value is -3.68. The van der Waals surface area contributed by atoms with E-state index in [0.717, 1.165) is 25.9 Å². The van der Waals surface area contributed by atoms with Gasteiger partial charge in [-0.3, -0.25) is 14.9 Å². The fraction of sp³-hybridized carbons (Fsp3) is 0.200. The summed E-state index contributed by atoms with van der Waals surface area (Å²) in [6.07, 6.45) is 2.03. The van der Waals surface area contributed by atoms with Crippen molar-refractivity contribution in [2.75, 3.05) is 18.4 Å². The van der Waals surface area contributed by atoms with Crippen molar-refractivity contribution >= 4 is 33.9 Å². The van der Waals surface area contributed by atoms with Crippen LogP contribution in [0.3, 0.4) is 0 Å². The number of amides is 1. The monoisotopic (exact) mass is 379 g/mol. The molecule has 4 rings (SSSR count). The van der Waals surface area contributed by atoms with Crippen molar-refractivity contribution in [1.82, 2.24) is 4.90 Å². The normalized spacial score (nSPS) is 13.6. The minimum Gasteiger partial charge on any atom is -0.418 e. The van der Waals surface area contributed by atoms with Gasteiger partial charge in [-0.05, 0) is 49.2 Å². The molecule has 142 valence electrons. The molecule has 28 heavy (non-hydrogen) atoms. The first-order valence-electron chi connectivity index (χ1n) is 8.91. The lowest BCUT2D eigenvalue weighted by Crippen LogP contribution is -2.27. The molecule has 2 heterocycles.